The molecule has 0 aromatic carbocycles. The van der Waals surface area contributed by atoms with E-state index in [1.807, 2.05) is 6.92 Å². The Morgan fingerprint density at radius 2 is 2.25 bits per heavy atom. The third kappa shape index (κ3) is 2.81. The number of carbonyl (C=O) groups is 2. The van der Waals surface area contributed by atoms with Gasteiger partial charge in [0, 0.05) is 20.1 Å². The molecule has 1 N–H and O–H groups in total. The zero-order chi connectivity index (χ0) is 14.8. The van der Waals surface area contributed by atoms with Crippen molar-refractivity contribution >= 4 is 11.8 Å². The van der Waals surface area contributed by atoms with Crippen LogP contribution in [0.2, 0.25) is 0 Å². The van der Waals surface area contributed by atoms with Gasteiger partial charge in [-0.3, -0.25) is 9.59 Å². The molecule has 0 bridgehead atoms. The minimum Gasteiger partial charge on any atom is -0.378 e. The normalized spacial score (nSPS) is 34.5. The van der Waals surface area contributed by atoms with Crippen molar-refractivity contribution in [1.29, 1.82) is 0 Å². The van der Waals surface area contributed by atoms with E-state index in [2.05, 4.69) is 5.32 Å². The highest BCUT2D eigenvalue weighted by Crippen LogP contribution is 2.26. The first-order valence-corrected chi connectivity index (χ1v) is 7.27. The van der Waals surface area contributed by atoms with Gasteiger partial charge in [-0.2, -0.15) is 0 Å². The number of ether oxygens (including phenoxy) is 2. The van der Waals surface area contributed by atoms with Crippen LogP contribution < -0.4 is 5.32 Å². The number of carbonyl (C=O) groups excluding carboxylic acids is 2. The molecule has 3 unspecified atom stereocenters. The van der Waals surface area contributed by atoms with Crippen LogP contribution in [0, 0.1) is 0 Å². The van der Waals surface area contributed by atoms with Crippen molar-refractivity contribution in [2.24, 2.45) is 0 Å². The molecule has 20 heavy (non-hydrogen) atoms. The lowest BCUT2D eigenvalue weighted by atomic mass is 9.98. The Bertz CT molecular complexity index is 379. The van der Waals surface area contributed by atoms with Crippen LogP contribution >= 0.6 is 0 Å². The maximum Gasteiger partial charge on any atom is 0.245 e. The quantitative estimate of drug-likeness (QED) is 0.789. The molecule has 0 spiro atoms. The van der Waals surface area contributed by atoms with Gasteiger partial charge in [-0.05, 0) is 13.3 Å². The third-order valence-corrected chi connectivity index (χ3v) is 4.28. The lowest BCUT2D eigenvalue weighted by Crippen LogP contribution is -2.65. The van der Waals surface area contributed by atoms with Crippen LogP contribution in [-0.4, -0.2) is 61.3 Å². The number of amides is 2. The first-order chi connectivity index (χ1) is 9.53. The Morgan fingerprint density at radius 1 is 1.50 bits per heavy atom. The summed E-state index contributed by atoms with van der Waals surface area (Å²) < 4.78 is 11.0. The molecule has 6 nitrogen and oxygen atoms in total. The zero-order valence-corrected chi connectivity index (χ0v) is 12.5. The summed E-state index contributed by atoms with van der Waals surface area (Å²) in [6.07, 6.45) is 2.28. The molecule has 0 aromatic heterocycles. The Labute approximate surface area is 119 Å². The van der Waals surface area contributed by atoms with E-state index in [-0.39, 0.29) is 11.8 Å². The van der Waals surface area contributed by atoms with Crippen LogP contribution in [0.4, 0.5) is 0 Å². The second-order valence-electron chi connectivity index (χ2n) is 5.68. The summed E-state index contributed by atoms with van der Waals surface area (Å²) >= 11 is 0. The molecular weight excluding hydrogens is 260 g/mol. The van der Waals surface area contributed by atoms with E-state index in [0.29, 0.717) is 26.2 Å². The van der Waals surface area contributed by atoms with Gasteiger partial charge in [0.15, 0.2) is 0 Å². The second kappa shape index (κ2) is 6.10. The maximum atomic E-state index is 12.5. The number of nitrogens with zero attached hydrogens (tertiary/aromatic N) is 1. The SMILES string of the molecule is CCCC1NC(=O)C(C)N(CC2(OC)CCOC2)C1=O. The average Bonchev–Trinajstić information content (AvgIpc) is 2.90. The minimum atomic E-state index is -0.474. The Hall–Kier alpha value is -1.14. The summed E-state index contributed by atoms with van der Waals surface area (Å²) in [4.78, 5) is 26.2. The number of piperazine rings is 1. The van der Waals surface area contributed by atoms with Gasteiger partial charge >= 0.3 is 0 Å². The van der Waals surface area contributed by atoms with E-state index in [4.69, 9.17) is 9.47 Å². The third-order valence-electron chi connectivity index (χ3n) is 4.28. The topological polar surface area (TPSA) is 67.9 Å². The van der Waals surface area contributed by atoms with Gasteiger partial charge in [0.25, 0.3) is 0 Å². The van der Waals surface area contributed by atoms with Crippen LogP contribution in [0.15, 0.2) is 0 Å². The molecule has 6 heteroatoms. The van der Waals surface area contributed by atoms with Crippen LogP contribution in [0.5, 0.6) is 0 Å². The van der Waals surface area contributed by atoms with Crippen molar-refractivity contribution in [3.63, 3.8) is 0 Å². The largest absolute Gasteiger partial charge is 0.378 e. The van der Waals surface area contributed by atoms with E-state index >= 15 is 0 Å². The van der Waals surface area contributed by atoms with Gasteiger partial charge in [-0.1, -0.05) is 13.3 Å². The Kier molecular flexibility index (Phi) is 4.65. The molecule has 0 aliphatic carbocycles. The van der Waals surface area contributed by atoms with Crippen molar-refractivity contribution in [3.8, 4) is 0 Å². The van der Waals surface area contributed by atoms with Crippen LogP contribution in [0.3, 0.4) is 0 Å². The summed E-state index contributed by atoms with van der Waals surface area (Å²) in [5.74, 6) is -0.101. The van der Waals surface area contributed by atoms with Crippen LogP contribution in [0.25, 0.3) is 0 Å². The number of rotatable bonds is 5. The average molecular weight is 284 g/mol. The molecule has 2 fully saturated rings. The molecule has 2 saturated heterocycles. The number of hydrogen-bond donors (Lipinski definition) is 1. The van der Waals surface area contributed by atoms with Crippen LogP contribution in [0.1, 0.15) is 33.1 Å². The van der Waals surface area contributed by atoms with Gasteiger partial charge in [0.2, 0.25) is 11.8 Å². The van der Waals surface area contributed by atoms with E-state index < -0.39 is 17.7 Å². The van der Waals surface area contributed by atoms with E-state index in [1.54, 1.807) is 18.9 Å². The standard InChI is InChI=1S/C14H24N2O4/c1-4-5-11-13(18)16(10(2)12(17)15-11)8-14(19-3)6-7-20-9-14/h10-11H,4-9H2,1-3H3,(H,15,17). The zero-order valence-electron chi connectivity index (χ0n) is 12.5. The summed E-state index contributed by atoms with van der Waals surface area (Å²) in [6, 6.07) is -0.858. The maximum absolute atomic E-state index is 12.5. The molecule has 2 rings (SSSR count). The fourth-order valence-corrected chi connectivity index (χ4v) is 2.83. The first kappa shape index (κ1) is 15.3. The van der Waals surface area contributed by atoms with Crippen molar-refractivity contribution in [3.05, 3.63) is 0 Å². The lowest BCUT2D eigenvalue weighted by Gasteiger charge is -2.41. The van der Waals surface area contributed by atoms with Gasteiger partial charge in [0.1, 0.15) is 17.7 Å². The van der Waals surface area contributed by atoms with E-state index in [1.165, 1.54) is 0 Å². The molecule has 2 aliphatic rings. The molecule has 114 valence electrons. The highest BCUT2D eigenvalue weighted by molar-refractivity contribution is 5.96. The Balaban J connectivity index is 2.14. The predicted molar refractivity (Wildman–Crippen MR) is 73.2 cm³/mol. The van der Waals surface area contributed by atoms with Gasteiger partial charge in [-0.15, -0.1) is 0 Å². The molecular formula is C14H24N2O4. The second-order valence-corrected chi connectivity index (χ2v) is 5.68. The lowest BCUT2D eigenvalue weighted by molar-refractivity contribution is -0.153. The van der Waals surface area contributed by atoms with Crippen molar-refractivity contribution in [2.75, 3.05) is 26.9 Å². The van der Waals surface area contributed by atoms with E-state index in [9.17, 15) is 9.59 Å². The molecule has 2 amide bonds. The van der Waals surface area contributed by atoms with Gasteiger partial charge in [0.05, 0.1) is 13.2 Å². The first-order valence-electron chi connectivity index (χ1n) is 7.27. The highest BCUT2D eigenvalue weighted by Gasteiger charge is 2.44. The van der Waals surface area contributed by atoms with E-state index in [0.717, 1.165) is 12.8 Å². The number of methoxy groups -OCH3 is 1. The fourth-order valence-electron chi connectivity index (χ4n) is 2.83. The minimum absolute atomic E-state index is 0.0118. The van der Waals surface area contributed by atoms with Crippen molar-refractivity contribution < 1.29 is 19.1 Å². The molecule has 0 radical (unpaired) electrons. The molecule has 3 atom stereocenters. The summed E-state index contributed by atoms with van der Waals surface area (Å²) in [7, 11) is 1.64. The molecule has 0 aromatic rings. The summed E-state index contributed by atoms with van der Waals surface area (Å²) in [5, 5.41) is 2.80. The van der Waals surface area contributed by atoms with Crippen molar-refractivity contribution in [2.45, 2.75) is 50.8 Å². The number of nitrogens with one attached hydrogen (secondary N) is 1. The summed E-state index contributed by atoms with van der Waals surface area (Å²) in [6.45, 7) is 5.28. The van der Waals surface area contributed by atoms with Gasteiger partial charge in [-0.25, -0.2) is 0 Å². The Morgan fingerprint density at radius 3 is 2.80 bits per heavy atom. The monoisotopic (exact) mass is 284 g/mol. The smallest absolute Gasteiger partial charge is 0.245 e. The molecule has 0 saturated carbocycles. The molecule has 2 heterocycles. The van der Waals surface area contributed by atoms with Gasteiger partial charge < -0.3 is 19.7 Å². The predicted octanol–water partition coefficient (Wildman–Crippen LogP) is 0.308. The molecule has 2 aliphatic heterocycles. The van der Waals surface area contributed by atoms with Crippen molar-refractivity contribution in [1.82, 2.24) is 10.2 Å². The number of hydrogen-bond acceptors (Lipinski definition) is 4. The fraction of sp³-hybridized carbons (Fsp3) is 0.857. The summed E-state index contributed by atoms with van der Waals surface area (Å²) in [5.41, 5.74) is -0.474. The highest BCUT2D eigenvalue weighted by atomic mass is 16.5. The van der Waals surface area contributed by atoms with Crippen LogP contribution in [-0.2, 0) is 19.1 Å².